The molecule has 0 saturated carbocycles. The Bertz CT molecular complexity index is 665. The predicted octanol–water partition coefficient (Wildman–Crippen LogP) is 4.15. The fourth-order valence-electron chi connectivity index (χ4n) is 2.99. The Morgan fingerprint density at radius 3 is 2.39 bits per heavy atom. The van der Waals surface area contributed by atoms with Crippen molar-refractivity contribution in [2.24, 2.45) is 0 Å². The molecule has 1 atom stereocenters. The molecule has 3 rings (SSSR count). The molecule has 4 nitrogen and oxygen atoms in total. The number of thiocarbonyl (C=S) groups is 1. The quantitative estimate of drug-likeness (QED) is 0.774. The zero-order valence-corrected chi connectivity index (χ0v) is 14.4. The summed E-state index contributed by atoms with van der Waals surface area (Å²) >= 11 is 5.59. The average molecular weight is 332 g/mol. The molecule has 1 aromatic rings. The van der Waals surface area contributed by atoms with Crippen LogP contribution in [0.5, 0.6) is 17.2 Å². The van der Waals surface area contributed by atoms with Gasteiger partial charge in [-0.05, 0) is 31.1 Å². The van der Waals surface area contributed by atoms with Crippen LogP contribution in [0, 0.1) is 0 Å². The van der Waals surface area contributed by atoms with Gasteiger partial charge >= 0.3 is 0 Å². The van der Waals surface area contributed by atoms with E-state index in [4.69, 9.17) is 31.2 Å². The smallest absolute Gasteiger partial charge is 0.203 e. The third kappa shape index (κ3) is 2.93. The molecule has 0 saturated heterocycles. The van der Waals surface area contributed by atoms with E-state index in [1.807, 2.05) is 18.2 Å². The van der Waals surface area contributed by atoms with Gasteiger partial charge in [-0.1, -0.05) is 18.3 Å². The highest BCUT2D eigenvalue weighted by molar-refractivity contribution is 7.80. The lowest BCUT2D eigenvalue weighted by Crippen LogP contribution is -2.20. The summed E-state index contributed by atoms with van der Waals surface area (Å²) in [6, 6.07) is 3.85. The number of rotatable bonds is 4. The molecule has 23 heavy (non-hydrogen) atoms. The summed E-state index contributed by atoms with van der Waals surface area (Å²) in [5.74, 6) is 2.71. The van der Waals surface area contributed by atoms with Crippen LogP contribution in [0.2, 0.25) is 0 Å². The highest BCUT2D eigenvalue weighted by atomic mass is 32.1. The number of hydrogen-bond donors (Lipinski definition) is 0. The molecule has 1 aromatic carbocycles. The second-order valence-corrected chi connectivity index (χ2v) is 5.97. The van der Waals surface area contributed by atoms with Crippen LogP contribution >= 0.6 is 12.2 Å². The maximum absolute atomic E-state index is 6.17. The Labute approximate surface area is 141 Å². The minimum absolute atomic E-state index is 0.141. The number of benzene rings is 1. The van der Waals surface area contributed by atoms with E-state index < -0.39 is 0 Å². The van der Waals surface area contributed by atoms with Gasteiger partial charge in [0, 0.05) is 22.4 Å². The van der Waals surface area contributed by atoms with Crippen molar-refractivity contribution in [2.45, 2.75) is 25.4 Å². The van der Waals surface area contributed by atoms with Gasteiger partial charge in [0.2, 0.25) is 5.75 Å². The maximum Gasteiger partial charge on any atom is 0.203 e. The Hall–Kier alpha value is -2.01. The van der Waals surface area contributed by atoms with Crippen LogP contribution in [-0.4, -0.2) is 26.2 Å². The second-order valence-electron chi connectivity index (χ2n) is 5.48. The summed E-state index contributed by atoms with van der Waals surface area (Å²) in [7, 11) is 4.81. The van der Waals surface area contributed by atoms with Crippen LogP contribution in [0.3, 0.4) is 0 Å². The molecule has 1 aliphatic heterocycles. The molecule has 122 valence electrons. The number of hydrogen-bond acceptors (Lipinski definition) is 5. The molecule has 0 spiro atoms. The normalized spacial score (nSPS) is 20.0. The van der Waals surface area contributed by atoms with Crippen LogP contribution in [0.1, 0.15) is 30.9 Å². The average Bonchev–Trinajstić information content (AvgIpc) is 2.60. The van der Waals surface area contributed by atoms with Gasteiger partial charge in [-0.15, -0.1) is 0 Å². The van der Waals surface area contributed by atoms with Gasteiger partial charge in [-0.2, -0.15) is 0 Å². The van der Waals surface area contributed by atoms with E-state index in [1.54, 1.807) is 21.3 Å². The van der Waals surface area contributed by atoms with Crippen LogP contribution in [-0.2, 0) is 4.74 Å². The lowest BCUT2D eigenvalue weighted by atomic mass is 9.92. The van der Waals surface area contributed by atoms with Crippen molar-refractivity contribution >= 4 is 17.1 Å². The van der Waals surface area contributed by atoms with Crippen molar-refractivity contribution in [3.63, 3.8) is 0 Å². The summed E-state index contributed by atoms with van der Waals surface area (Å²) in [5.41, 5.74) is 2.14. The van der Waals surface area contributed by atoms with Crippen molar-refractivity contribution in [2.75, 3.05) is 21.3 Å². The highest BCUT2D eigenvalue weighted by Crippen LogP contribution is 2.43. The molecule has 5 heteroatoms. The summed E-state index contributed by atoms with van der Waals surface area (Å²) in [6.07, 6.45) is 6.69. The van der Waals surface area contributed by atoms with Gasteiger partial charge in [-0.3, -0.25) is 0 Å². The predicted molar refractivity (Wildman–Crippen MR) is 92.5 cm³/mol. The minimum Gasteiger partial charge on any atom is -0.493 e. The minimum atomic E-state index is -0.141. The summed E-state index contributed by atoms with van der Waals surface area (Å²) in [6.45, 7) is 0. The van der Waals surface area contributed by atoms with Gasteiger partial charge in [0.15, 0.2) is 11.5 Å². The first-order valence-electron chi connectivity index (χ1n) is 7.57. The SMILES string of the molecule is COc1cc(C2CC(=S)C3=C(C=CCC3)O2)cc(OC)c1OC. The van der Waals surface area contributed by atoms with E-state index in [0.29, 0.717) is 23.7 Å². The zero-order valence-electron chi connectivity index (χ0n) is 13.5. The van der Waals surface area contributed by atoms with Crippen molar-refractivity contribution in [3.8, 4) is 17.2 Å². The monoisotopic (exact) mass is 332 g/mol. The van der Waals surface area contributed by atoms with E-state index in [0.717, 1.165) is 29.0 Å². The van der Waals surface area contributed by atoms with E-state index in [9.17, 15) is 0 Å². The molecule has 0 amide bonds. The van der Waals surface area contributed by atoms with E-state index in [2.05, 4.69) is 6.08 Å². The van der Waals surface area contributed by atoms with Gasteiger partial charge in [0.25, 0.3) is 0 Å². The lowest BCUT2D eigenvalue weighted by molar-refractivity contribution is 0.123. The standard InChI is InChI=1S/C18H20O4S/c1-19-15-8-11(9-16(20-2)18(15)21-3)14-10-17(23)12-6-4-5-7-13(12)22-14/h5,7-9,14H,4,6,10H2,1-3H3. The molecule has 0 bridgehead atoms. The maximum atomic E-state index is 6.17. The van der Waals surface area contributed by atoms with Gasteiger partial charge in [0.1, 0.15) is 11.9 Å². The van der Waals surface area contributed by atoms with Gasteiger partial charge < -0.3 is 18.9 Å². The molecule has 1 aliphatic carbocycles. The zero-order chi connectivity index (χ0) is 16.4. The molecule has 1 unspecified atom stereocenters. The van der Waals surface area contributed by atoms with Gasteiger partial charge in [0.05, 0.1) is 21.3 Å². The van der Waals surface area contributed by atoms with E-state index in [1.165, 1.54) is 5.57 Å². The first kappa shape index (κ1) is 15.9. The molecule has 0 radical (unpaired) electrons. The Balaban J connectivity index is 1.98. The summed E-state index contributed by atoms with van der Waals surface area (Å²) in [4.78, 5) is 0.981. The number of methoxy groups -OCH3 is 3. The lowest BCUT2D eigenvalue weighted by Gasteiger charge is -2.30. The number of ether oxygens (including phenoxy) is 4. The van der Waals surface area contributed by atoms with Gasteiger partial charge in [-0.25, -0.2) is 0 Å². The molecule has 2 aliphatic rings. The largest absolute Gasteiger partial charge is 0.493 e. The first-order chi connectivity index (χ1) is 11.2. The molecule has 0 aromatic heterocycles. The Kier molecular flexibility index (Phi) is 4.57. The van der Waals surface area contributed by atoms with Crippen molar-refractivity contribution < 1.29 is 18.9 Å². The molecule has 0 N–H and O–H groups in total. The Morgan fingerprint density at radius 1 is 1.09 bits per heavy atom. The van der Waals surface area contributed by atoms with Crippen molar-refractivity contribution in [1.82, 2.24) is 0 Å². The Morgan fingerprint density at radius 2 is 1.78 bits per heavy atom. The van der Waals surface area contributed by atoms with E-state index >= 15 is 0 Å². The summed E-state index contributed by atoms with van der Waals surface area (Å²) in [5, 5.41) is 0. The fourth-order valence-corrected chi connectivity index (χ4v) is 3.34. The van der Waals surface area contributed by atoms with Crippen molar-refractivity contribution in [1.29, 1.82) is 0 Å². The molecular weight excluding hydrogens is 312 g/mol. The first-order valence-corrected chi connectivity index (χ1v) is 7.98. The number of allylic oxidation sites excluding steroid dienone is 3. The summed E-state index contributed by atoms with van der Waals surface area (Å²) < 4.78 is 22.4. The van der Waals surface area contributed by atoms with E-state index in [-0.39, 0.29) is 6.10 Å². The highest BCUT2D eigenvalue weighted by Gasteiger charge is 2.29. The molecule has 0 fully saturated rings. The topological polar surface area (TPSA) is 36.9 Å². The third-order valence-electron chi connectivity index (χ3n) is 4.16. The molecule has 1 heterocycles. The van der Waals surface area contributed by atoms with Crippen LogP contribution in [0.4, 0.5) is 0 Å². The molecular formula is C18H20O4S. The van der Waals surface area contributed by atoms with Crippen LogP contribution in [0.15, 0.2) is 35.6 Å². The van der Waals surface area contributed by atoms with Crippen LogP contribution < -0.4 is 14.2 Å². The third-order valence-corrected chi connectivity index (χ3v) is 4.58. The van der Waals surface area contributed by atoms with Crippen molar-refractivity contribution in [3.05, 3.63) is 41.2 Å². The van der Waals surface area contributed by atoms with Crippen LogP contribution in [0.25, 0.3) is 0 Å². The fraction of sp³-hybridized carbons (Fsp3) is 0.389. The second kappa shape index (κ2) is 6.62.